The van der Waals surface area contributed by atoms with Crippen LogP contribution < -0.4 is 16.0 Å². The first-order valence-corrected chi connectivity index (χ1v) is 13.4. The SMILES string of the molecule is CC/N=c1/cc2oc3cc(NCC)c(C)cc3c(-c3ccc(C(=O)NCCOCCO)cc3C(=O)O)c-2cc1C. The molecule has 0 fully saturated rings. The minimum atomic E-state index is -1.15. The Hall–Kier alpha value is -4.21. The summed E-state index contributed by atoms with van der Waals surface area (Å²) in [5.74, 6) is -0.965. The van der Waals surface area contributed by atoms with Crippen LogP contribution in [-0.4, -0.2) is 61.5 Å². The van der Waals surface area contributed by atoms with Gasteiger partial charge < -0.3 is 30.0 Å². The highest BCUT2D eigenvalue weighted by Crippen LogP contribution is 2.43. The van der Waals surface area contributed by atoms with Crippen LogP contribution in [0.15, 0.2) is 51.9 Å². The van der Waals surface area contributed by atoms with Gasteiger partial charge in [0, 0.05) is 59.5 Å². The molecule has 4 N–H and O–H groups in total. The highest BCUT2D eigenvalue weighted by molar-refractivity contribution is 6.09. The van der Waals surface area contributed by atoms with E-state index in [0.717, 1.165) is 45.2 Å². The van der Waals surface area contributed by atoms with Crippen molar-refractivity contribution in [2.24, 2.45) is 4.99 Å². The van der Waals surface area contributed by atoms with E-state index in [-0.39, 0.29) is 37.5 Å². The molecule has 1 aliphatic carbocycles. The van der Waals surface area contributed by atoms with Crippen LogP contribution in [0.4, 0.5) is 5.69 Å². The Morgan fingerprint density at radius 1 is 1.00 bits per heavy atom. The van der Waals surface area contributed by atoms with Gasteiger partial charge in [0.1, 0.15) is 11.3 Å². The molecule has 0 atom stereocenters. The number of benzene rings is 3. The summed E-state index contributed by atoms with van der Waals surface area (Å²) in [4.78, 5) is 29.9. The highest BCUT2D eigenvalue weighted by Gasteiger charge is 2.24. The minimum absolute atomic E-state index is 0.00590. The van der Waals surface area contributed by atoms with Gasteiger partial charge in [-0.25, -0.2) is 4.79 Å². The first kappa shape index (κ1) is 28.8. The van der Waals surface area contributed by atoms with E-state index in [9.17, 15) is 14.7 Å². The second-order valence-electron chi connectivity index (χ2n) is 9.44. The van der Waals surface area contributed by atoms with Crippen molar-refractivity contribution < 1.29 is 29.0 Å². The number of carbonyl (C=O) groups excluding carboxylic acids is 1. The van der Waals surface area contributed by atoms with Gasteiger partial charge in [-0.1, -0.05) is 6.07 Å². The highest BCUT2D eigenvalue weighted by atomic mass is 16.5. The molecule has 2 aromatic carbocycles. The second kappa shape index (κ2) is 12.8. The number of fused-ring (bicyclic) bond motifs is 2. The number of nitrogens with one attached hydrogen (secondary N) is 2. The number of amides is 1. The molecule has 1 amide bonds. The molecular weight excluding hydrogens is 510 g/mol. The molecule has 4 rings (SSSR count). The number of aryl methyl sites for hydroxylation is 2. The third kappa shape index (κ3) is 6.00. The van der Waals surface area contributed by atoms with E-state index in [1.54, 1.807) is 12.1 Å². The van der Waals surface area contributed by atoms with Crippen molar-refractivity contribution in [3.8, 4) is 22.5 Å². The summed E-state index contributed by atoms with van der Waals surface area (Å²) in [6.07, 6.45) is 0. The number of aromatic carboxylic acids is 1. The zero-order chi connectivity index (χ0) is 28.8. The molecule has 0 saturated heterocycles. The van der Waals surface area contributed by atoms with E-state index in [1.165, 1.54) is 6.07 Å². The fourth-order valence-electron chi connectivity index (χ4n) is 4.79. The molecule has 0 radical (unpaired) electrons. The molecule has 9 heteroatoms. The number of hydrogen-bond acceptors (Lipinski definition) is 7. The number of rotatable bonds is 11. The summed E-state index contributed by atoms with van der Waals surface area (Å²) in [5.41, 5.74) is 5.68. The minimum Gasteiger partial charge on any atom is -0.478 e. The topological polar surface area (TPSA) is 133 Å². The summed E-state index contributed by atoms with van der Waals surface area (Å²) < 4.78 is 11.6. The number of aliphatic hydroxyl groups is 1. The summed E-state index contributed by atoms with van der Waals surface area (Å²) >= 11 is 0. The predicted molar refractivity (Wildman–Crippen MR) is 155 cm³/mol. The third-order valence-electron chi connectivity index (χ3n) is 6.63. The maximum atomic E-state index is 12.8. The molecule has 0 spiro atoms. The summed E-state index contributed by atoms with van der Waals surface area (Å²) in [5, 5.41) is 26.7. The monoisotopic (exact) mass is 545 g/mol. The summed E-state index contributed by atoms with van der Waals surface area (Å²) in [6.45, 7) is 9.87. The van der Waals surface area contributed by atoms with Gasteiger partial charge in [-0.3, -0.25) is 9.79 Å². The molecule has 1 aliphatic heterocycles. The van der Waals surface area contributed by atoms with Gasteiger partial charge in [-0.15, -0.1) is 0 Å². The molecule has 40 heavy (non-hydrogen) atoms. The van der Waals surface area contributed by atoms with Crippen LogP contribution in [0, 0.1) is 13.8 Å². The van der Waals surface area contributed by atoms with Crippen LogP contribution in [0.25, 0.3) is 33.4 Å². The van der Waals surface area contributed by atoms with Crippen LogP contribution in [-0.2, 0) is 4.74 Å². The number of anilines is 1. The van der Waals surface area contributed by atoms with E-state index >= 15 is 0 Å². The lowest BCUT2D eigenvalue weighted by molar-refractivity contribution is 0.0697. The predicted octanol–water partition coefficient (Wildman–Crippen LogP) is 4.61. The van der Waals surface area contributed by atoms with Crippen LogP contribution in [0.1, 0.15) is 45.7 Å². The number of carboxylic acid groups (broad SMARTS) is 1. The van der Waals surface area contributed by atoms with E-state index in [1.807, 2.05) is 52.0 Å². The molecule has 2 aliphatic rings. The van der Waals surface area contributed by atoms with Gasteiger partial charge in [-0.2, -0.15) is 0 Å². The zero-order valence-electron chi connectivity index (χ0n) is 23.3. The number of carboxylic acids is 1. The molecular formula is C31H35N3O6. The van der Waals surface area contributed by atoms with Crippen molar-refractivity contribution in [2.45, 2.75) is 27.7 Å². The Balaban J connectivity index is 1.93. The molecule has 1 heterocycles. The number of carbonyl (C=O) groups is 2. The van der Waals surface area contributed by atoms with Crippen LogP contribution >= 0.6 is 0 Å². The number of aliphatic hydroxyl groups excluding tert-OH is 1. The Bertz CT molecular complexity index is 1590. The molecule has 0 bridgehead atoms. The lowest BCUT2D eigenvalue weighted by Gasteiger charge is -2.19. The van der Waals surface area contributed by atoms with Gasteiger partial charge in [0.25, 0.3) is 5.91 Å². The smallest absolute Gasteiger partial charge is 0.336 e. The lowest BCUT2D eigenvalue weighted by Crippen LogP contribution is -2.27. The fraction of sp³-hybridized carbons (Fsp3) is 0.323. The Kier molecular flexibility index (Phi) is 9.19. The van der Waals surface area contributed by atoms with Gasteiger partial charge in [-0.05, 0) is 68.7 Å². The maximum Gasteiger partial charge on any atom is 0.336 e. The van der Waals surface area contributed by atoms with Crippen LogP contribution in [0.2, 0.25) is 0 Å². The van der Waals surface area contributed by atoms with Gasteiger partial charge in [0.2, 0.25) is 0 Å². The average Bonchev–Trinajstić information content (AvgIpc) is 2.93. The Morgan fingerprint density at radius 2 is 1.80 bits per heavy atom. The lowest BCUT2D eigenvalue weighted by atomic mass is 9.88. The normalized spacial score (nSPS) is 11.8. The van der Waals surface area contributed by atoms with Crippen molar-refractivity contribution in [3.63, 3.8) is 0 Å². The molecule has 210 valence electrons. The van der Waals surface area contributed by atoms with Gasteiger partial charge >= 0.3 is 5.97 Å². The zero-order valence-corrected chi connectivity index (χ0v) is 23.3. The Morgan fingerprint density at radius 3 is 2.50 bits per heavy atom. The molecule has 0 unspecified atom stereocenters. The molecule has 2 aromatic rings. The standard InChI is InChI=1S/C31H35N3O6/c1-5-32-25-16-27-23(13-18(25)3)29(24-14-19(4)26(33-6-2)17-28(24)40-27)21-8-7-20(15-22(21)31(37)38)30(36)34-9-11-39-12-10-35/h7-8,13-17,32,35H,5-6,9-12H2,1-4H3,(H,34,36)(H,37,38)/b33-26-. The third-order valence-corrected chi connectivity index (χ3v) is 6.63. The van der Waals surface area contributed by atoms with Gasteiger partial charge in [0.15, 0.2) is 0 Å². The first-order chi connectivity index (χ1) is 19.3. The van der Waals surface area contributed by atoms with Crippen LogP contribution in [0.3, 0.4) is 0 Å². The van der Waals surface area contributed by atoms with Crippen molar-refractivity contribution in [1.29, 1.82) is 0 Å². The van der Waals surface area contributed by atoms with Crippen molar-refractivity contribution in [3.05, 3.63) is 70.1 Å². The Labute approximate surface area is 232 Å². The van der Waals surface area contributed by atoms with E-state index in [4.69, 9.17) is 14.3 Å². The first-order valence-electron chi connectivity index (χ1n) is 13.4. The van der Waals surface area contributed by atoms with E-state index < -0.39 is 11.9 Å². The number of hydrogen-bond donors (Lipinski definition) is 4. The summed E-state index contributed by atoms with van der Waals surface area (Å²) in [7, 11) is 0. The quantitative estimate of drug-likeness (QED) is 0.160. The van der Waals surface area contributed by atoms with Crippen LogP contribution in [0.5, 0.6) is 0 Å². The fourth-order valence-corrected chi connectivity index (χ4v) is 4.79. The summed E-state index contributed by atoms with van der Waals surface area (Å²) in [6, 6.07) is 12.5. The second-order valence-corrected chi connectivity index (χ2v) is 9.44. The number of nitrogens with zero attached hydrogens (tertiary/aromatic N) is 1. The maximum absolute atomic E-state index is 12.8. The average molecular weight is 546 g/mol. The largest absolute Gasteiger partial charge is 0.478 e. The van der Waals surface area contributed by atoms with Gasteiger partial charge in [0.05, 0.1) is 30.7 Å². The van der Waals surface area contributed by atoms with Crippen molar-refractivity contribution >= 4 is 28.5 Å². The molecule has 0 saturated carbocycles. The van der Waals surface area contributed by atoms with Crippen molar-refractivity contribution in [2.75, 3.05) is 44.8 Å². The van der Waals surface area contributed by atoms with E-state index in [0.29, 0.717) is 23.5 Å². The van der Waals surface area contributed by atoms with Crippen molar-refractivity contribution in [1.82, 2.24) is 5.32 Å². The van der Waals surface area contributed by atoms with E-state index in [2.05, 4.69) is 15.6 Å². The molecule has 9 nitrogen and oxygen atoms in total. The number of ether oxygens (including phenoxy) is 1. The molecule has 0 aromatic heterocycles.